The van der Waals surface area contributed by atoms with E-state index >= 15 is 0 Å². The molecule has 88 heavy (non-hydrogen) atoms. The van der Waals surface area contributed by atoms with Gasteiger partial charge in [0.2, 0.25) is 23.6 Å². The molecule has 8 bridgehead atoms. The van der Waals surface area contributed by atoms with Crippen molar-refractivity contribution in [1.29, 1.82) is 0 Å². The highest BCUT2D eigenvalue weighted by Gasteiger charge is 2.53. The van der Waals surface area contributed by atoms with Crippen LogP contribution < -0.4 is 40.2 Å². The number of aromatic amines is 2. The van der Waals surface area contributed by atoms with Crippen molar-refractivity contribution in [3.05, 3.63) is 120 Å². The molecule has 16 nitrogen and oxygen atoms in total. The highest BCUT2D eigenvalue weighted by Crippen LogP contribution is 2.57. The van der Waals surface area contributed by atoms with Crippen molar-refractivity contribution >= 4 is 92.7 Å². The van der Waals surface area contributed by atoms with E-state index in [1.165, 1.54) is 0 Å². The third-order valence-corrected chi connectivity index (χ3v) is 19.1. The number of nitrogens with one attached hydrogen (secondary N) is 6. The first kappa shape index (κ1) is 57.6. The van der Waals surface area contributed by atoms with E-state index in [1.807, 2.05) is 121 Å². The predicted molar refractivity (Wildman–Crippen MR) is 349 cm³/mol. The molecule has 5 heterocycles. The van der Waals surface area contributed by atoms with E-state index in [0.717, 1.165) is 25.7 Å². The second-order valence-corrected chi connectivity index (χ2v) is 27.0. The third kappa shape index (κ3) is 10.2. The molecule has 3 aromatic heterocycles. The molecule has 4 saturated carbocycles. The average molecular weight is 1180 g/mol. The molecular formula is C72H74N8O8. The van der Waals surface area contributed by atoms with Gasteiger partial charge in [0.05, 0.1) is 85.1 Å². The van der Waals surface area contributed by atoms with Gasteiger partial charge in [-0.3, -0.25) is 19.2 Å². The molecule has 0 spiro atoms. The fourth-order valence-electron chi connectivity index (χ4n) is 13.1. The van der Waals surface area contributed by atoms with Crippen LogP contribution in [0.4, 0.5) is 22.7 Å². The first-order chi connectivity index (χ1) is 42.0. The Bertz CT molecular complexity index is 3940. The lowest BCUT2D eigenvalue weighted by Gasteiger charge is -2.19. The summed E-state index contributed by atoms with van der Waals surface area (Å²) in [7, 11) is 6.45. The van der Waals surface area contributed by atoms with E-state index in [1.54, 1.807) is 28.4 Å². The lowest BCUT2D eigenvalue weighted by molar-refractivity contribution is -0.118. The molecule has 4 fully saturated rings. The van der Waals surface area contributed by atoms with Gasteiger partial charge in [0.25, 0.3) is 0 Å². The number of H-pyrrole nitrogens is 2. The highest BCUT2D eigenvalue weighted by molar-refractivity contribution is 6.12. The van der Waals surface area contributed by atoms with Crippen molar-refractivity contribution in [2.24, 2.45) is 45.3 Å². The van der Waals surface area contributed by atoms with Crippen molar-refractivity contribution in [3.63, 3.8) is 0 Å². The molecule has 4 atom stereocenters. The van der Waals surface area contributed by atoms with E-state index in [4.69, 9.17) is 28.9 Å². The van der Waals surface area contributed by atoms with Gasteiger partial charge in [0, 0.05) is 79.1 Å². The van der Waals surface area contributed by atoms with Crippen molar-refractivity contribution < 1.29 is 38.1 Å². The molecule has 16 heteroatoms. The summed E-state index contributed by atoms with van der Waals surface area (Å²) in [4.78, 5) is 76.6. The molecule has 13 rings (SSSR count). The van der Waals surface area contributed by atoms with Gasteiger partial charge in [-0.05, 0) is 144 Å². The summed E-state index contributed by atoms with van der Waals surface area (Å²) in [5.74, 6) is 0.678. The Morgan fingerprint density at radius 3 is 0.784 bits per heavy atom. The van der Waals surface area contributed by atoms with E-state index in [2.05, 4.69) is 86.6 Å². The summed E-state index contributed by atoms with van der Waals surface area (Å²) < 4.78 is 24.8. The topological polar surface area (TPSA) is 211 Å². The molecule has 0 unspecified atom stereocenters. The lowest BCUT2D eigenvalue weighted by atomic mass is 9.98. The molecular weight excluding hydrogens is 1100 g/mol. The molecule has 0 saturated heterocycles. The average Bonchev–Trinajstić information content (AvgIpc) is 1.85. The zero-order valence-corrected chi connectivity index (χ0v) is 51.8. The van der Waals surface area contributed by atoms with Gasteiger partial charge in [0.1, 0.15) is 23.0 Å². The van der Waals surface area contributed by atoms with Crippen LogP contribution in [0, 0.1) is 45.3 Å². The molecule has 450 valence electrons. The molecule has 4 aliphatic carbocycles. The number of carbonyl (C=O) groups is 4. The van der Waals surface area contributed by atoms with E-state index in [0.29, 0.717) is 135 Å². The second-order valence-electron chi connectivity index (χ2n) is 27.0. The van der Waals surface area contributed by atoms with Crippen molar-refractivity contribution in [3.8, 4) is 67.5 Å². The summed E-state index contributed by atoms with van der Waals surface area (Å²) in [6.07, 6.45) is 10.7. The number of benzene rings is 4. The van der Waals surface area contributed by atoms with Gasteiger partial charge in [-0.2, -0.15) is 0 Å². The normalized spacial score (nSPS) is 19.9. The van der Waals surface area contributed by atoms with Crippen LogP contribution >= 0.6 is 0 Å². The van der Waals surface area contributed by atoms with Gasteiger partial charge >= 0.3 is 0 Å². The number of aromatic nitrogens is 4. The minimum Gasteiger partial charge on any atom is -0.496 e. The Labute approximate surface area is 512 Å². The molecule has 6 N–H and O–H groups in total. The second kappa shape index (κ2) is 21.2. The molecule has 2 aliphatic heterocycles. The summed E-state index contributed by atoms with van der Waals surface area (Å²) in [5.41, 5.74) is 10.4. The van der Waals surface area contributed by atoms with Gasteiger partial charge in [-0.25, -0.2) is 9.97 Å². The Hall–Kier alpha value is -9.44. The number of ether oxygens (including phenoxy) is 4. The van der Waals surface area contributed by atoms with Crippen LogP contribution in [-0.4, -0.2) is 72.0 Å². The Morgan fingerprint density at radius 2 is 0.568 bits per heavy atom. The number of rotatable bonds is 16. The van der Waals surface area contributed by atoms with E-state index in [9.17, 15) is 19.2 Å². The summed E-state index contributed by atoms with van der Waals surface area (Å²) >= 11 is 0. The first-order valence-corrected chi connectivity index (χ1v) is 30.1. The first-order valence-electron chi connectivity index (χ1n) is 30.1. The maximum absolute atomic E-state index is 14.4. The maximum Gasteiger partial charge on any atom is 0.228 e. The van der Waals surface area contributed by atoms with Crippen LogP contribution in [0.2, 0.25) is 0 Å². The van der Waals surface area contributed by atoms with Crippen LogP contribution in [0.3, 0.4) is 0 Å². The molecule has 6 aliphatic rings. The van der Waals surface area contributed by atoms with E-state index in [-0.39, 0.29) is 69.0 Å². The third-order valence-electron chi connectivity index (χ3n) is 19.1. The van der Waals surface area contributed by atoms with Crippen molar-refractivity contribution in [2.75, 3.05) is 49.7 Å². The van der Waals surface area contributed by atoms with E-state index < -0.39 is 0 Å². The summed E-state index contributed by atoms with van der Waals surface area (Å²) in [5, 5.41) is 13.3. The monoisotopic (exact) mass is 1180 g/mol. The number of carbonyl (C=O) groups excluding carboxylic acids is 4. The molecule has 0 radical (unpaired) electrons. The fourth-order valence-corrected chi connectivity index (χ4v) is 13.1. The Kier molecular flexibility index (Phi) is 13.9. The standard InChI is InChI=1S/C72H74N8O8/c1-69(2)33-37(69)65(81)77-41-17-13-18-42(78-66(82)38-34-70(38,3)4)57(41)59-45-25-29-49(73-45)61(63-53(85-9)21-15-22-54(63)86-10)51-31-27-47(75-51)60(48-28-32-52(76-48)62(50-30-26-46(59)74-50)64-55(87-11)23-16-24-56(64)88-12)58-43(79-67(83)39-35-71(39,5)6)19-14-20-44(58)80-68(84)40-36-72(40,7)8/h13-32,37-40,73,76H,33-36H2,1-12H3,(H,77,81)(H,78,82)(H,79,83)(H,80,84)/t37-,38+,39-,40+. The van der Waals surface area contributed by atoms with Crippen molar-refractivity contribution in [2.45, 2.75) is 81.1 Å². The molecule has 4 aromatic carbocycles. The Morgan fingerprint density at radius 1 is 0.352 bits per heavy atom. The van der Waals surface area contributed by atoms with Crippen LogP contribution in [-0.2, 0) is 19.2 Å². The van der Waals surface area contributed by atoms with Gasteiger partial charge in [-0.1, -0.05) is 79.7 Å². The molecule has 4 amide bonds. The van der Waals surface area contributed by atoms with Gasteiger partial charge in [0.15, 0.2) is 0 Å². The van der Waals surface area contributed by atoms with Crippen molar-refractivity contribution in [1.82, 2.24) is 19.9 Å². The number of amides is 4. The number of methoxy groups -OCH3 is 4. The largest absolute Gasteiger partial charge is 0.496 e. The van der Waals surface area contributed by atoms with Gasteiger partial charge < -0.3 is 50.2 Å². The Balaban J connectivity index is 1.18. The number of hydrogen-bond donors (Lipinski definition) is 6. The maximum atomic E-state index is 14.4. The minimum absolute atomic E-state index is 0.122. The fraction of sp³-hybridized carbons (Fsp3) is 0.333. The zero-order chi connectivity index (χ0) is 61.9. The van der Waals surface area contributed by atoms with Crippen LogP contribution in [0.25, 0.3) is 90.9 Å². The quantitative estimate of drug-likeness (QED) is 0.0539. The van der Waals surface area contributed by atoms with Crippen LogP contribution in [0.15, 0.2) is 97.1 Å². The number of anilines is 4. The van der Waals surface area contributed by atoms with Crippen LogP contribution in [0.5, 0.6) is 23.0 Å². The number of fused-ring (bicyclic) bond motifs is 8. The highest BCUT2D eigenvalue weighted by atomic mass is 16.5. The minimum atomic E-state index is -0.220. The SMILES string of the molecule is COc1cccc(OC)c1-c1c2nc(c(-c3c(NC(=O)[C@H]4CC4(C)C)cccc3NC(=O)[C@@H]3CC3(C)C)c3ccc([nH]3)c(-c3c(OC)cccc3OC)c3nc(c(-c4c(NC(=O)[C@H]5CC5(C)C)cccc4NC(=O)[C@@H]4CC4(C)C)c4ccc1[nH]4)C=C3)C=C2. The smallest absolute Gasteiger partial charge is 0.228 e. The van der Waals surface area contributed by atoms with Crippen LogP contribution in [0.1, 0.15) is 104 Å². The zero-order valence-electron chi connectivity index (χ0n) is 51.8. The molecule has 7 aromatic rings. The number of nitrogens with zero attached hydrogens (tertiary/aromatic N) is 2. The summed E-state index contributed by atoms with van der Waals surface area (Å²) in [6.45, 7) is 16.7. The lowest BCUT2D eigenvalue weighted by Crippen LogP contribution is -2.19. The summed E-state index contributed by atoms with van der Waals surface area (Å²) in [6, 6.07) is 30.3. The number of hydrogen-bond acceptors (Lipinski definition) is 10. The van der Waals surface area contributed by atoms with Gasteiger partial charge in [-0.15, -0.1) is 0 Å². The predicted octanol–water partition coefficient (Wildman–Crippen LogP) is 15.3.